The summed E-state index contributed by atoms with van der Waals surface area (Å²) in [4.78, 5) is 20.9. The van der Waals surface area contributed by atoms with Gasteiger partial charge in [-0.1, -0.05) is 6.58 Å². The molecule has 1 amide bonds. The highest BCUT2D eigenvalue weighted by atomic mass is 32.1. The molecule has 0 rings (SSSR count). The van der Waals surface area contributed by atoms with Crippen molar-refractivity contribution >= 4 is 24.5 Å². The third-order valence-electron chi connectivity index (χ3n) is 1.04. The van der Waals surface area contributed by atoms with Gasteiger partial charge in [0, 0.05) is 5.75 Å². The van der Waals surface area contributed by atoms with Crippen molar-refractivity contribution in [3.05, 3.63) is 12.7 Å². The van der Waals surface area contributed by atoms with Crippen molar-refractivity contribution < 1.29 is 14.7 Å². The summed E-state index contributed by atoms with van der Waals surface area (Å²) in [5.74, 6) is -1.47. The predicted molar refractivity (Wildman–Crippen MR) is 46.8 cm³/mol. The maximum Gasteiger partial charge on any atom is 0.323 e. The molecule has 5 nitrogen and oxygen atoms in total. The Kier molecular flexibility index (Phi) is 5.14. The van der Waals surface area contributed by atoms with E-state index in [1.165, 1.54) is 0 Å². The van der Waals surface area contributed by atoms with Gasteiger partial charge in [0.15, 0.2) is 0 Å². The molecule has 0 bridgehead atoms. The Bertz CT molecular complexity index is 195. The maximum absolute atomic E-state index is 10.5. The molecule has 0 fully saturated rings. The number of nitrogens with one attached hydrogen (secondary N) is 2. The number of aliphatic carboxylic acids is 1. The van der Waals surface area contributed by atoms with Crippen molar-refractivity contribution in [1.29, 1.82) is 0 Å². The summed E-state index contributed by atoms with van der Waals surface area (Å²) in [6.07, 6.45) is 1.03. The van der Waals surface area contributed by atoms with E-state index in [1.807, 2.05) is 0 Å². The van der Waals surface area contributed by atoms with E-state index >= 15 is 0 Å². The molecule has 0 spiro atoms. The molecule has 0 saturated heterocycles. The summed E-state index contributed by atoms with van der Waals surface area (Å²) in [6.45, 7) is 3.19. The second kappa shape index (κ2) is 5.62. The third kappa shape index (κ3) is 3.99. The Hall–Kier alpha value is -1.01. The van der Waals surface area contributed by atoms with Crippen LogP contribution in [0.2, 0.25) is 0 Å². The summed E-state index contributed by atoms with van der Waals surface area (Å²) < 4.78 is 0. The van der Waals surface area contributed by atoms with Gasteiger partial charge >= 0.3 is 5.97 Å². The monoisotopic (exact) mass is 190 g/mol. The van der Waals surface area contributed by atoms with Gasteiger partial charge in [0.05, 0.1) is 0 Å². The quantitative estimate of drug-likeness (QED) is 0.259. The number of hydrogen-bond donors (Lipinski definition) is 4. The fourth-order valence-electron chi connectivity index (χ4n) is 0.395. The molecule has 1 unspecified atom stereocenters. The first-order valence-corrected chi connectivity index (χ1v) is 3.76. The van der Waals surface area contributed by atoms with E-state index < -0.39 is 17.9 Å². The lowest BCUT2D eigenvalue weighted by atomic mass is 10.4. The zero-order valence-electron chi connectivity index (χ0n) is 6.28. The van der Waals surface area contributed by atoms with Crippen LogP contribution in [0.4, 0.5) is 0 Å². The third-order valence-corrected chi connectivity index (χ3v) is 1.40. The molecule has 0 saturated carbocycles. The largest absolute Gasteiger partial charge is 0.480 e. The van der Waals surface area contributed by atoms with Crippen molar-refractivity contribution in [3.63, 3.8) is 0 Å². The molecule has 0 radical (unpaired) electrons. The fourth-order valence-corrected chi connectivity index (χ4v) is 0.642. The van der Waals surface area contributed by atoms with Crippen molar-refractivity contribution in [2.75, 3.05) is 5.75 Å². The Labute approximate surface area is 75.2 Å². The van der Waals surface area contributed by atoms with Crippen LogP contribution in [0.15, 0.2) is 12.7 Å². The van der Waals surface area contributed by atoms with Crippen LogP contribution in [0, 0.1) is 0 Å². The average Bonchev–Trinajstić information content (AvgIpc) is 2.04. The van der Waals surface area contributed by atoms with Crippen molar-refractivity contribution in [2.24, 2.45) is 0 Å². The van der Waals surface area contributed by atoms with Crippen molar-refractivity contribution in [1.82, 2.24) is 10.9 Å². The van der Waals surface area contributed by atoms with Gasteiger partial charge in [-0.3, -0.25) is 15.0 Å². The van der Waals surface area contributed by atoms with Crippen molar-refractivity contribution in [2.45, 2.75) is 6.04 Å². The molecule has 0 aromatic carbocycles. The van der Waals surface area contributed by atoms with Gasteiger partial charge in [-0.2, -0.15) is 12.6 Å². The number of carbonyl (C=O) groups excluding carboxylic acids is 1. The maximum atomic E-state index is 10.5. The Morgan fingerprint density at radius 3 is 2.58 bits per heavy atom. The first kappa shape index (κ1) is 11.0. The van der Waals surface area contributed by atoms with Crippen LogP contribution in [0.25, 0.3) is 0 Å². The molecule has 0 aliphatic heterocycles. The van der Waals surface area contributed by atoms with E-state index in [4.69, 9.17) is 5.11 Å². The molecule has 0 aromatic heterocycles. The smallest absolute Gasteiger partial charge is 0.323 e. The highest BCUT2D eigenvalue weighted by molar-refractivity contribution is 7.80. The summed E-state index contributed by atoms with van der Waals surface area (Å²) in [6, 6.07) is -0.891. The van der Waals surface area contributed by atoms with E-state index in [2.05, 4.69) is 30.1 Å². The highest BCUT2D eigenvalue weighted by Gasteiger charge is 2.14. The number of carbonyl (C=O) groups is 2. The molecule has 0 heterocycles. The number of carboxylic acids is 1. The zero-order chi connectivity index (χ0) is 9.56. The molecule has 68 valence electrons. The van der Waals surface area contributed by atoms with E-state index in [9.17, 15) is 9.59 Å². The molecule has 0 aliphatic carbocycles. The van der Waals surface area contributed by atoms with Crippen LogP contribution < -0.4 is 10.9 Å². The average molecular weight is 190 g/mol. The van der Waals surface area contributed by atoms with Gasteiger partial charge in [-0.25, -0.2) is 5.43 Å². The van der Waals surface area contributed by atoms with Crippen LogP contribution in [-0.2, 0) is 9.59 Å². The molecule has 12 heavy (non-hydrogen) atoms. The Morgan fingerprint density at radius 2 is 2.25 bits per heavy atom. The van der Waals surface area contributed by atoms with E-state index in [0.717, 1.165) is 6.08 Å². The summed E-state index contributed by atoms with van der Waals surface area (Å²) in [5.41, 5.74) is 4.40. The second-order valence-electron chi connectivity index (χ2n) is 1.91. The van der Waals surface area contributed by atoms with Crippen LogP contribution in [0.5, 0.6) is 0 Å². The first-order valence-electron chi connectivity index (χ1n) is 3.13. The van der Waals surface area contributed by atoms with E-state index in [-0.39, 0.29) is 5.75 Å². The van der Waals surface area contributed by atoms with Gasteiger partial charge in [0.1, 0.15) is 6.04 Å². The van der Waals surface area contributed by atoms with E-state index in [0.29, 0.717) is 0 Å². The lowest BCUT2D eigenvalue weighted by Crippen LogP contribution is -2.48. The predicted octanol–water partition coefficient (Wildman–Crippen LogP) is -0.824. The first-order chi connectivity index (χ1) is 5.61. The minimum Gasteiger partial charge on any atom is -0.480 e. The minimum atomic E-state index is -1.07. The Morgan fingerprint density at radius 1 is 1.67 bits per heavy atom. The van der Waals surface area contributed by atoms with Crippen LogP contribution in [0.3, 0.4) is 0 Å². The number of carboxylic acid groups (broad SMARTS) is 1. The molecule has 6 heteroatoms. The summed E-state index contributed by atoms with van der Waals surface area (Å²) >= 11 is 3.77. The van der Waals surface area contributed by atoms with Gasteiger partial charge in [0.25, 0.3) is 5.91 Å². The molecular formula is C6H10N2O3S. The van der Waals surface area contributed by atoms with E-state index in [1.54, 1.807) is 0 Å². The summed E-state index contributed by atoms with van der Waals surface area (Å²) in [7, 11) is 0. The van der Waals surface area contributed by atoms with Gasteiger partial charge in [-0.15, -0.1) is 0 Å². The second-order valence-corrected chi connectivity index (χ2v) is 2.28. The number of thiol groups is 1. The Balaban J connectivity index is 3.80. The molecule has 3 N–H and O–H groups in total. The molecular weight excluding hydrogens is 180 g/mol. The number of hydrazine groups is 1. The van der Waals surface area contributed by atoms with Gasteiger partial charge in [0.2, 0.25) is 0 Å². The minimum absolute atomic E-state index is 0.0900. The molecule has 0 aromatic rings. The fraction of sp³-hybridized carbons (Fsp3) is 0.333. The van der Waals surface area contributed by atoms with Gasteiger partial charge in [-0.05, 0) is 6.08 Å². The number of hydrogen-bond acceptors (Lipinski definition) is 4. The van der Waals surface area contributed by atoms with Crippen LogP contribution >= 0.6 is 12.6 Å². The van der Waals surface area contributed by atoms with Crippen molar-refractivity contribution in [3.8, 4) is 0 Å². The number of amides is 1. The SMILES string of the molecule is C=CC(=O)NNC(CS)C(=O)O. The zero-order valence-corrected chi connectivity index (χ0v) is 7.17. The van der Waals surface area contributed by atoms with Crippen LogP contribution in [0.1, 0.15) is 0 Å². The van der Waals surface area contributed by atoms with Crippen LogP contribution in [-0.4, -0.2) is 28.8 Å². The topological polar surface area (TPSA) is 78.4 Å². The molecule has 0 aliphatic rings. The van der Waals surface area contributed by atoms with Gasteiger partial charge < -0.3 is 5.11 Å². The lowest BCUT2D eigenvalue weighted by molar-refractivity contribution is -0.139. The standard InChI is InChI=1S/C6H10N2O3S/c1-2-5(9)8-7-4(3-12)6(10)11/h2,4,7,12H,1,3H2,(H,8,9)(H,10,11). The normalized spacial score (nSPS) is 11.8. The number of rotatable bonds is 5. The lowest BCUT2D eigenvalue weighted by Gasteiger charge is -2.10. The molecule has 1 atom stereocenters. The highest BCUT2D eigenvalue weighted by Crippen LogP contribution is 1.85. The summed E-state index contributed by atoms with van der Waals surface area (Å²) in [5, 5.41) is 8.47.